The Hall–Kier alpha value is -2.83. The van der Waals surface area contributed by atoms with Crippen LogP contribution in [0.25, 0.3) is 0 Å². The van der Waals surface area contributed by atoms with Gasteiger partial charge in [0.2, 0.25) is 0 Å². The number of methoxy groups -OCH3 is 1. The van der Waals surface area contributed by atoms with Crippen LogP contribution in [0.4, 0.5) is 14.9 Å². The van der Waals surface area contributed by atoms with Crippen molar-refractivity contribution in [2.45, 2.75) is 25.9 Å². The summed E-state index contributed by atoms with van der Waals surface area (Å²) in [6, 6.07) is 9.02. The number of benzene rings is 1. The average molecular weight is 372 g/mol. The number of piperazine rings is 1. The highest BCUT2D eigenvalue weighted by Gasteiger charge is 2.29. The number of carbonyl (C=O) groups excluding carboxylic acids is 1. The van der Waals surface area contributed by atoms with E-state index in [2.05, 4.69) is 10.3 Å². The molecular formula is C20H25FN4O2. The summed E-state index contributed by atoms with van der Waals surface area (Å²) in [6.07, 6.45) is 2.80. The molecule has 2 aromatic rings. The Morgan fingerprint density at radius 3 is 2.89 bits per heavy atom. The molecule has 0 radical (unpaired) electrons. The minimum Gasteiger partial charge on any atom is -0.497 e. The van der Waals surface area contributed by atoms with E-state index in [0.717, 1.165) is 11.3 Å². The third kappa shape index (κ3) is 4.30. The molecule has 1 saturated heterocycles. The second-order valence-corrected chi connectivity index (χ2v) is 6.76. The zero-order chi connectivity index (χ0) is 19.4. The summed E-state index contributed by atoms with van der Waals surface area (Å²) in [5, 5.41) is 3.04. The van der Waals surface area contributed by atoms with Gasteiger partial charge in [-0.1, -0.05) is 12.1 Å². The number of rotatable bonds is 4. The molecule has 0 spiro atoms. The van der Waals surface area contributed by atoms with Crippen molar-refractivity contribution in [3.63, 3.8) is 0 Å². The molecule has 0 bridgehead atoms. The predicted molar refractivity (Wildman–Crippen MR) is 103 cm³/mol. The molecule has 2 atom stereocenters. The second-order valence-electron chi connectivity index (χ2n) is 6.76. The maximum atomic E-state index is 14.0. The molecule has 0 aliphatic carbocycles. The molecule has 1 aliphatic rings. The molecule has 2 unspecified atom stereocenters. The fourth-order valence-electron chi connectivity index (χ4n) is 3.36. The lowest BCUT2D eigenvalue weighted by Crippen LogP contribution is -2.57. The predicted octanol–water partition coefficient (Wildman–Crippen LogP) is 3.21. The van der Waals surface area contributed by atoms with Crippen LogP contribution in [0.2, 0.25) is 0 Å². The highest BCUT2D eigenvalue weighted by Crippen LogP contribution is 2.23. The number of pyridine rings is 1. The Kier molecular flexibility index (Phi) is 5.78. The minimum absolute atomic E-state index is 0.0381. The summed E-state index contributed by atoms with van der Waals surface area (Å²) < 4.78 is 19.2. The van der Waals surface area contributed by atoms with Crippen molar-refractivity contribution in [1.82, 2.24) is 15.2 Å². The molecule has 1 aliphatic heterocycles. The quantitative estimate of drug-likeness (QED) is 0.895. The molecule has 1 fully saturated rings. The van der Waals surface area contributed by atoms with Crippen molar-refractivity contribution in [1.29, 1.82) is 0 Å². The van der Waals surface area contributed by atoms with Gasteiger partial charge in [-0.3, -0.25) is 4.98 Å². The van der Waals surface area contributed by atoms with E-state index >= 15 is 0 Å². The van der Waals surface area contributed by atoms with E-state index < -0.39 is 0 Å². The van der Waals surface area contributed by atoms with Crippen LogP contribution < -0.4 is 15.0 Å². The van der Waals surface area contributed by atoms with E-state index in [9.17, 15) is 9.18 Å². The molecule has 1 aromatic carbocycles. The number of hydrogen-bond acceptors (Lipinski definition) is 4. The van der Waals surface area contributed by atoms with Gasteiger partial charge >= 0.3 is 6.03 Å². The number of anilines is 1. The van der Waals surface area contributed by atoms with Crippen LogP contribution in [0.5, 0.6) is 5.75 Å². The lowest BCUT2D eigenvalue weighted by molar-refractivity contribution is 0.168. The lowest BCUT2D eigenvalue weighted by atomic mass is 10.1. The molecule has 1 aromatic heterocycles. The van der Waals surface area contributed by atoms with Crippen LogP contribution in [-0.4, -0.2) is 48.7 Å². The first kappa shape index (κ1) is 18.9. The molecular weight excluding hydrogens is 347 g/mol. The summed E-state index contributed by atoms with van der Waals surface area (Å²) >= 11 is 0. The number of carbonyl (C=O) groups is 1. The molecule has 6 nitrogen and oxygen atoms in total. The highest BCUT2D eigenvalue weighted by molar-refractivity contribution is 5.75. The summed E-state index contributed by atoms with van der Waals surface area (Å²) in [6.45, 7) is 5.59. The summed E-state index contributed by atoms with van der Waals surface area (Å²) in [7, 11) is 1.62. The fourth-order valence-corrected chi connectivity index (χ4v) is 3.36. The largest absolute Gasteiger partial charge is 0.497 e. The van der Waals surface area contributed by atoms with Gasteiger partial charge in [0.25, 0.3) is 0 Å². The first-order chi connectivity index (χ1) is 13.0. The van der Waals surface area contributed by atoms with Gasteiger partial charge in [0.1, 0.15) is 5.75 Å². The number of amides is 2. The third-order valence-corrected chi connectivity index (χ3v) is 4.91. The molecule has 2 heterocycles. The van der Waals surface area contributed by atoms with E-state index in [4.69, 9.17) is 4.74 Å². The Bertz CT molecular complexity index is 801. The van der Waals surface area contributed by atoms with Gasteiger partial charge < -0.3 is 19.9 Å². The van der Waals surface area contributed by atoms with Gasteiger partial charge in [-0.05, 0) is 37.6 Å². The molecule has 2 amide bonds. The van der Waals surface area contributed by atoms with Crippen LogP contribution in [-0.2, 0) is 0 Å². The van der Waals surface area contributed by atoms with Crippen molar-refractivity contribution in [2.75, 3.05) is 31.6 Å². The van der Waals surface area contributed by atoms with E-state index in [0.29, 0.717) is 25.3 Å². The third-order valence-electron chi connectivity index (χ3n) is 4.91. The van der Waals surface area contributed by atoms with Crippen LogP contribution in [0.15, 0.2) is 42.7 Å². The Balaban J connectivity index is 1.62. The molecule has 1 N–H and O–H groups in total. The summed E-state index contributed by atoms with van der Waals surface area (Å²) in [5.41, 5.74) is 1.51. The number of hydrogen-bond donors (Lipinski definition) is 1. The topological polar surface area (TPSA) is 57.7 Å². The molecule has 3 rings (SSSR count). The zero-order valence-corrected chi connectivity index (χ0v) is 15.9. The van der Waals surface area contributed by atoms with Gasteiger partial charge in [-0.15, -0.1) is 0 Å². The van der Waals surface area contributed by atoms with Crippen LogP contribution in [0, 0.1) is 5.82 Å². The van der Waals surface area contributed by atoms with Crippen LogP contribution in [0.1, 0.15) is 25.5 Å². The first-order valence-corrected chi connectivity index (χ1v) is 9.05. The number of halogens is 1. The molecule has 144 valence electrons. The van der Waals surface area contributed by atoms with E-state index in [-0.39, 0.29) is 23.9 Å². The Morgan fingerprint density at radius 1 is 1.37 bits per heavy atom. The van der Waals surface area contributed by atoms with Gasteiger partial charge in [0, 0.05) is 31.9 Å². The average Bonchev–Trinajstić information content (AvgIpc) is 2.68. The first-order valence-electron chi connectivity index (χ1n) is 9.05. The zero-order valence-electron chi connectivity index (χ0n) is 15.9. The van der Waals surface area contributed by atoms with E-state index in [1.54, 1.807) is 24.3 Å². The van der Waals surface area contributed by atoms with Gasteiger partial charge in [0.05, 0.1) is 25.0 Å². The number of nitrogens with zero attached hydrogens (tertiary/aromatic N) is 3. The molecule has 7 heteroatoms. The van der Waals surface area contributed by atoms with Crippen LogP contribution in [0.3, 0.4) is 0 Å². The normalized spacial score (nSPS) is 18.1. The smallest absolute Gasteiger partial charge is 0.318 e. The number of nitrogens with one attached hydrogen (secondary N) is 1. The van der Waals surface area contributed by atoms with Crippen molar-refractivity contribution in [3.05, 3.63) is 54.1 Å². The second kappa shape index (κ2) is 8.24. The number of aromatic nitrogens is 1. The van der Waals surface area contributed by atoms with Gasteiger partial charge in [-0.2, -0.15) is 0 Å². The standard InChI is InChI=1S/C20H25FN4O2/c1-14-13-24(19-7-8-22-12-18(19)21)9-10-25(14)20(26)23-15(2)16-5-4-6-17(11-16)27-3/h4-8,11-12,14-15H,9-10,13H2,1-3H3,(H,23,26). The van der Waals surface area contributed by atoms with Crippen molar-refractivity contribution in [2.24, 2.45) is 0 Å². The highest BCUT2D eigenvalue weighted by atomic mass is 19.1. The van der Waals surface area contributed by atoms with Crippen molar-refractivity contribution >= 4 is 11.7 Å². The monoisotopic (exact) mass is 372 g/mol. The van der Waals surface area contributed by atoms with Crippen molar-refractivity contribution in [3.8, 4) is 5.75 Å². The van der Waals surface area contributed by atoms with Crippen molar-refractivity contribution < 1.29 is 13.9 Å². The lowest BCUT2D eigenvalue weighted by Gasteiger charge is -2.41. The summed E-state index contributed by atoms with van der Waals surface area (Å²) in [4.78, 5) is 20.3. The van der Waals surface area contributed by atoms with E-state index in [1.807, 2.05) is 43.0 Å². The maximum Gasteiger partial charge on any atom is 0.318 e. The Labute approximate surface area is 158 Å². The maximum absolute atomic E-state index is 14.0. The summed E-state index contributed by atoms with van der Waals surface area (Å²) in [5.74, 6) is 0.421. The molecule has 27 heavy (non-hydrogen) atoms. The fraction of sp³-hybridized carbons (Fsp3) is 0.400. The number of ether oxygens (including phenoxy) is 1. The number of urea groups is 1. The Morgan fingerprint density at radius 2 is 2.19 bits per heavy atom. The van der Waals surface area contributed by atoms with Crippen LogP contribution >= 0.6 is 0 Å². The van der Waals surface area contributed by atoms with Gasteiger partial charge in [0.15, 0.2) is 5.82 Å². The molecule has 0 saturated carbocycles. The SMILES string of the molecule is COc1cccc(C(C)NC(=O)N2CCN(c3ccncc3F)CC2C)c1. The van der Waals surface area contributed by atoms with Gasteiger partial charge in [-0.25, -0.2) is 9.18 Å². The minimum atomic E-state index is -0.339. The van der Waals surface area contributed by atoms with E-state index in [1.165, 1.54) is 6.20 Å².